The molecule has 0 N–H and O–H groups in total. The van der Waals surface area contributed by atoms with E-state index in [1.54, 1.807) is 0 Å². The van der Waals surface area contributed by atoms with Crippen molar-refractivity contribution in [2.75, 3.05) is 0 Å². The molecule has 0 atom stereocenters. The topological polar surface area (TPSA) is 23.0 Å². The SMILES string of the molecule is c1ccc(-n2c3ccccc3c3c4oc5ccccc5c4c4c(c5ccccc5n4-c4cc5c6c(c4)-c4ccccc4SB6Sc4ccccc4-5)c32)cc1. The van der Waals surface area contributed by atoms with Gasteiger partial charge in [-0.05, 0) is 82.3 Å². The lowest BCUT2D eigenvalue weighted by atomic mass is 9.77. The van der Waals surface area contributed by atoms with Crippen LogP contribution >= 0.6 is 23.2 Å². The van der Waals surface area contributed by atoms with Crippen molar-refractivity contribution in [2.45, 2.75) is 9.79 Å². The first kappa shape index (κ1) is 29.4. The van der Waals surface area contributed by atoms with E-state index in [0.717, 1.165) is 44.2 Å². The fraction of sp³-hybridized carbons (Fsp3) is 0. The minimum absolute atomic E-state index is 0.290. The van der Waals surface area contributed by atoms with Gasteiger partial charge < -0.3 is 13.6 Å². The molecule has 0 radical (unpaired) electrons. The average molecular weight is 723 g/mol. The molecule has 3 aromatic heterocycles. The Kier molecular flexibility index (Phi) is 5.85. The Morgan fingerprint density at radius 2 is 0.926 bits per heavy atom. The molecule has 0 unspecified atom stereocenters. The molecule has 0 saturated carbocycles. The van der Waals surface area contributed by atoms with Crippen LogP contribution in [0.15, 0.2) is 178 Å². The van der Waals surface area contributed by atoms with Gasteiger partial charge in [-0.15, -0.1) is 0 Å². The van der Waals surface area contributed by atoms with E-state index < -0.39 is 0 Å². The third-order valence-electron chi connectivity index (χ3n) is 11.5. The van der Waals surface area contributed by atoms with Crippen LogP contribution in [0.5, 0.6) is 0 Å². The van der Waals surface area contributed by atoms with Gasteiger partial charge >= 0.3 is 5.27 Å². The molecular formula is C48H27BN2OS2. The largest absolute Gasteiger partial charge is 0.455 e. The zero-order valence-corrected chi connectivity index (χ0v) is 30.4. The molecule has 0 fully saturated rings. The minimum atomic E-state index is 0.290. The summed E-state index contributed by atoms with van der Waals surface area (Å²) in [5.41, 5.74) is 15.5. The van der Waals surface area contributed by atoms with E-state index in [4.69, 9.17) is 4.42 Å². The lowest BCUT2D eigenvalue weighted by Gasteiger charge is -2.32. The summed E-state index contributed by atoms with van der Waals surface area (Å²) in [5.74, 6) is 0. The molecule has 2 aliphatic heterocycles. The molecular weight excluding hydrogens is 695 g/mol. The third-order valence-corrected chi connectivity index (χ3v) is 14.2. The van der Waals surface area contributed by atoms with Gasteiger partial charge in [0, 0.05) is 42.7 Å². The fourth-order valence-corrected chi connectivity index (χ4v) is 12.4. The van der Waals surface area contributed by atoms with Crippen molar-refractivity contribution in [3.63, 3.8) is 0 Å². The number of aromatic nitrogens is 2. The first-order chi connectivity index (χ1) is 26.8. The Hall–Kier alpha value is -6.08. The lowest BCUT2D eigenvalue weighted by Crippen LogP contribution is -2.33. The molecule has 3 nitrogen and oxygen atoms in total. The second-order valence-corrected chi connectivity index (χ2v) is 16.9. The van der Waals surface area contributed by atoms with Crippen LogP contribution in [0.1, 0.15) is 0 Å². The number of hydrogen-bond acceptors (Lipinski definition) is 3. The molecule has 5 heterocycles. The number of hydrogen-bond donors (Lipinski definition) is 0. The highest BCUT2D eigenvalue weighted by Crippen LogP contribution is 2.52. The molecule has 2 aliphatic rings. The molecule has 0 spiro atoms. The van der Waals surface area contributed by atoms with Crippen LogP contribution in [0.25, 0.3) is 99.2 Å². The van der Waals surface area contributed by atoms with Crippen LogP contribution < -0.4 is 5.46 Å². The van der Waals surface area contributed by atoms with Crippen molar-refractivity contribution >= 4 is 99.5 Å². The predicted molar refractivity (Wildman–Crippen MR) is 230 cm³/mol. The van der Waals surface area contributed by atoms with Crippen LogP contribution in [-0.4, -0.2) is 14.4 Å². The van der Waals surface area contributed by atoms with E-state index in [-0.39, 0.29) is 5.27 Å². The Balaban J connectivity index is 1.29. The van der Waals surface area contributed by atoms with Crippen molar-refractivity contribution in [1.29, 1.82) is 0 Å². The molecule has 11 aromatic rings. The van der Waals surface area contributed by atoms with Crippen molar-refractivity contribution in [3.05, 3.63) is 164 Å². The number of fused-ring (bicyclic) bond motifs is 16. The molecule has 250 valence electrons. The standard InChI is InChI=1S/C48H27BN2OS2/c1-2-14-28(15-3-1)50-38-22-10-5-19-33(38)43-46(50)42-32-18-4-9-21-37(32)51(47(42)44-34-20-6-11-23-39(34)52-48(43)44)29-26-35-30-16-7-12-24-40(30)53-49-45(35)36(27-29)31-17-8-13-25-41(31)54-49/h1-27H. The molecule has 0 bridgehead atoms. The maximum absolute atomic E-state index is 7.04. The Labute approximate surface area is 318 Å². The van der Waals surface area contributed by atoms with E-state index in [1.807, 2.05) is 23.2 Å². The Morgan fingerprint density at radius 3 is 1.59 bits per heavy atom. The summed E-state index contributed by atoms with van der Waals surface area (Å²) in [5, 5.41) is 7.36. The number of nitrogens with zero attached hydrogens (tertiary/aromatic N) is 2. The summed E-state index contributed by atoms with van der Waals surface area (Å²) in [4.78, 5) is 2.68. The van der Waals surface area contributed by atoms with Crippen molar-refractivity contribution in [3.8, 4) is 33.6 Å². The van der Waals surface area contributed by atoms with Gasteiger partial charge in [0.25, 0.3) is 0 Å². The van der Waals surface area contributed by atoms with Gasteiger partial charge in [0.1, 0.15) is 11.2 Å². The summed E-state index contributed by atoms with van der Waals surface area (Å²) >= 11 is 3.97. The second kappa shape index (κ2) is 10.8. The summed E-state index contributed by atoms with van der Waals surface area (Å²) in [6, 6.07) is 60.0. The minimum Gasteiger partial charge on any atom is -0.455 e. The van der Waals surface area contributed by atoms with Crippen LogP contribution in [0.4, 0.5) is 0 Å². The zero-order chi connectivity index (χ0) is 35.1. The van der Waals surface area contributed by atoms with Gasteiger partial charge in [-0.2, -0.15) is 23.2 Å². The lowest BCUT2D eigenvalue weighted by molar-refractivity contribution is 0.673. The van der Waals surface area contributed by atoms with Crippen LogP contribution in [0, 0.1) is 0 Å². The summed E-state index contributed by atoms with van der Waals surface area (Å²) < 4.78 is 12.0. The first-order valence-electron chi connectivity index (χ1n) is 18.4. The normalized spacial score (nSPS) is 13.4. The quantitative estimate of drug-likeness (QED) is 0.166. The first-order valence-corrected chi connectivity index (χ1v) is 20.1. The van der Waals surface area contributed by atoms with E-state index in [1.165, 1.54) is 70.2 Å². The highest BCUT2D eigenvalue weighted by atomic mass is 32.2. The van der Waals surface area contributed by atoms with Gasteiger partial charge in [-0.3, -0.25) is 0 Å². The van der Waals surface area contributed by atoms with E-state index >= 15 is 0 Å². The summed E-state index contributed by atoms with van der Waals surface area (Å²) in [7, 11) is 0. The second-order valence-electron chi connectivity index (χ2n) is 14.3. The number of para-hydroxylation sites is 4. The highest BCUT2D eigenvalue weighted by Gasteiger charge is 2.37. The van der Waals surface area contributed by atoms with Crippen LogP contribution in [-0.2, 0) is 0 Å². The third kappa shape index (κ3) is 3.76. The number of furan rings is 1. The molecule has 6 heteroatoms. The number of benzene rings is 8. The van der Waals surface area contributed by atoms with Gasteiger partial charge in [0.05, 0.1) is 32.8 Å². The van der Waals surface area contributed by atoms with Crippen molar-refractivity contribution < 1.29 is 4.42 Å². The Morgan fingerprint density at radius 1 is 0.426 bits per heavy atom. The summed E-state index contributed by atoms with van der Waals surface area (Å²) in [6.07, 6.45) is 0. The van der Waals surface area contributed by atoms with E-state index in [0.29, 0.717) is 0 Å². The predicted octanol–water partition coefficient (Wildman–Crippen LogP) is 13.0. The molecule has 0 saturated heterocycles. The molecule has 0 amide bonds. The van der Waals surface area contributed by atoms with Crippen molar-refractivity contribution in [2.24, 2.45) is 0 Å². The highest BCUT2D eigenvalue weighted by molar-refractivity contribution is 8.56. The van der Waals surface area contributed by atoms with Gasteiger partial charge in [-0.25, -0.2) is 0 Å². The van der Waals surface area contributed by atoms with Gasteiger partial charge in [0.2, 0.25) is 0 Å². The summed E-state index contributed by atoms with van der Waals surface area (Å²) in [6.45, 7) is 0. The van der Waals surface area contributed by atoms with Gasteiger partial charge in [-0.1, -0.05) is 109 Å². The maximum Gasteiger partial charge on any atom is 0.318 e. The fourth-order valence-electron chi connectivity index (χ4n) is 9.42. The molecule has 0 aliphatic carbocycles. The molecule has 13 rings (SSSR count). The average Bonchev–Trinajstić information content (AvgIpc) is 3.89. The smallest absolute Gasteiger partial charge is 0.318 e. The molecule has 54 heavy (non-hydrogen) atoms. The van der Waals surface area contributed by atoms with Crippen LogP contribution in [0.3, 0.4) is 0 Å². The van der Waals surface area contributed by atoms with E-state index in [9.17, 15) is 0 Å². The van der Waals surface area contributed by atoms with Gasteiger partial charge in [0.15, 0.2) is 0 Å². The molecule has 8 aromatic carbocycles. The number of rotatable bonds is 2. The van der Waals surface area contributed by atoms with E-state index in [2.05, 4.69) is 173 Å². The zero-order valence-electron chi connectivity index (χ0n) is 28.8. The van der Waals surface area contributed by atoms with Crippen molar-refractivity contribution in [1.82, 2.24) is 9.13 Å². The monoisotopic (exact) mass is 722 g/mol. The maximum atomic E-state index is 7.04. The Bertz CT molecular complexity index is 3340. The van der Waals surface area contributed by atoms with Crippen LogP contribution in [0.2, 0.25) is 0 Å².